The van der Waals surface area contributed by atoms with Crippen LogP contribution < -0.4 is 10.7 Å². The van der Waals surface area contributed by atoms with Crippen molar-refractivity contribution in [3.05, 3.63) is 62.5 Å². The van der Waals surface area contributed by atoms with Gasteiger partial charge in [-0.1, -0.05) is 11.6 Å². The average Bonchev–Trinajstić information content (AvgIpc) is 2.41. The quantitative estimate of drug-likeness (QED) is 0.889. The number of H-pyrrole nitrogens is 1. The second-order valence-corrected chi connectivity index (χ2v) is 4.56. The molecule has 0 aliphatic carbocycles. The first-order valence-corrected chi connectivity index (χ1v) is 6.09. The number of aromatic amines is 1. The van der Waals surface area contributed by atoms with E-state index in [-0.39, 0.29) is 16.7 Å². The second kappa shape index (κ2) is 5.59. The number of pyridine rings is 1. The summed E-state index contributed by atoms with van der Waals surface area (Å²) in [5.74, 6) is -0.580. The molecule has 6 heteroatoms. The Hall–Kier alpha value is -2.58. The summed E-state index contributed by atoms with van der Waals surface area (Å²) >= 11 is 5.94. The van der Waals surface area contributed by atoms with E-state index in [2.05, 4.69) is 10.3 Å². The number of benzene rings is 1. The molecule has 0 bridgehead atoms. The molecule has 0 unspecified atom stereocenters. The van der Waals surface area contributed by atoms with Crippen molar-refractivity contribution in [2.24, 2.45) is 0 Å². The SMILES string of the molecule is Cc1cc(=O)c(C(=O)Nc2cc(C#N)ccc2Cl)c[nH]1. The Morgan fingerprint density at radius 1 is 1.40 bits per heavy atom. The molecule has 1 heterocycles. The Morgan fingerprint density at radius 3 is 2.80 bits per heavy atom. The van der Waals surface area contributed by atoms with E-state index in [0.717, 1.165) is 0 Å². The van der Waals surface area contributed by atoms with Gasteiger partial charge in [-0.3, -0.25) is 9.59 Å². The Labute approximate surface area is 119 Å². The molecule has 0 aliphatic heterocycles. The topological polar surface area (TPSA) is 85.8 Å². The number of aromatic nitrogens is 1. The number of nitriles is 1. The van der Waals surface area contributed by atoms with Crippen molar-refractivity contribution < 1.29 is 4.79 Å². The summed E-state index contributed by atoms with van der Waals surface area (Å²) in [6.45, 7) is 1.72. The third-order valence-electron chi connectivity index (χ3n) is 2.65. The Kier molecular flexibility index (Phi) is 3.87. The van der Waals surface area contributed by atoms with Crippen LogP contribution in [0.15, 0.2) is 35.3 Å². The van der Waals surface area contributed by atoms with E-state index in [1.54, 1.807) is 6.92 Å². The Balaban J connectivity index is 2.33. The molecule has 100 valence electrons. The first-order valence-electron chi connectivity index (χ1n) is 5.71. The van der Waals surface area contributed by atoms with Crippen LogP contribution in [-0.4, -0.2) is 10.9 Å². The number of anilines is 1. The number of rotatable bonds is 2. The number of hydrogen-bond donors (Lipinski definition) is 2. The van der Waals surface area contributed by atoms with Crippen LogP contribution in [0, 0.1) is 18.3 Å². The van der Waals surface area contributed by atoms with Crippen LogP contribution in [0.2, 0.25) is 5.02 Å². The van der Waals surface area contributed by atoms with Gasteiger partial charge in [-0.05, 0) is 25.1 Å². The van der Waals surface area contributed by atoms with E-state index in [4.69, 9.17) is 16.9 Å². The zero-order valence-corrected chi connectivity index (χ0v) is 11.3. The van der Waals surface area contributed by atoms with Crippen molar-refractivity contribution in [3.63, 3.8) is 0 Å². The molecule has 0 aliphatic rings. The van der Waals surface area contributed by atoms with Crippen molar-refractivity contribution in [2.45, 2.75) is 6.92 Å². The van der Waals surface area contributed by atoms with Gasteiger partial charge in [-0.15, -0.1) is 0 Å². The van der Waals surface area contributed by atoms with Gasteiger partial charge in [-0.25, -0.2) is 0 Å². The Bertz CT molecular complexity index is 775. The van der Waals surface area contributed by atoms with Gasteiger partial charge >= 0.3 is 0 Å². The van der Waals surface area contributed by atoms with Crippen molar-refractivity contribution in [2.75, 3.05) is 5.32 Å². The lowest BCUT2D eigenvalue weighted by atomic mass is 10.2. The van der Waals surface area contributed by atoms with Crippen LogP contribution in [0.1, 0.15) is 21.6 Å². The number of carbonyl (C=O) groups is 1. The van der Waals surface area contributed by atoms with E-state index >= 15 is 0 Å². The number of carbonyl (C=O) groups excluding carboxylic acids is 1. The van der Waals surface area contributed by atoms with E-state index in [9.17, 15) is 9.59 Å². The minimum absolute atomic E-state index is 0.0194. The third-order valence-corrected chi connectivity index (χ3v) is 2.98. The fourth-order valence-corrected chi connectivity index (χ4v) is 1.80. The fourth-order valence-electron chi connectivity index (χ4n) is 1.63. The fraction of sp³-hybridized carbons (Fsp3) is 0.0714. The van der Waals surface area contributed by atoms with Gasteiger partial charge < -0.3 is 10.3 Å². The molecule has 0 fully saturated rings. The van der Waals surface area contributed by atoms with Gasteiger partial charge in [0.25, 0.3) is 5.91 Å². The summed E-state index contributed by atoms with van der Waals surface area (Å²) in [6.07, 6.45) is 1.34. The van der Waals surface area contributed by atoms with Crippen molar-refractivity contribution in [1.82, 2.24) is 4.98 Å². The van der Waals surface area contributed by atoms with Crippen LogP contribution >= 0.6 is 11.6 Å². The highest BCUT2D eigenvalue weighted by atomic mass is 35.5. The zero-order chi connectivity index (χ0) is 14.7. The van der Waals surface area contributed by atoms with E-state index < -0.39 is 5.91 Å². The molecule has 1 aromatic carbocycles. The smallest absolute Gasteiger partial charge is 0.261 e. The predicted molar refractivity (Wildman–Crippen MR) is 75.9 cm³/mol. The minimum atomic E-state index is -0.580. The number of nitrogens with zero attached hydrogens (tertiary/aromatic N) is 1. The molecule has 0 atom stereocenters. The van der Waals surface area contributed by atoms with E-state index in [1.807, 2.05) is 6.07 Å². The molecule has 2 N–H and O–H groups in total. The molecule has 5 nitrogen and oxygen atoms in total. The van der Waals surface area contributed by atoms with Crippen LogP contribution in [-0.2, 0) is 0 Å². The van der Waals surface area contributed by atoms with Crippen LogP contribution in [0.5, 0.6) is 0 Å². The van der Waals surface area contributed by atoms with E-state index in [1.165, 1.54) is 30.5 Å². The third kappa shape index (κ3) is 2.87. The largest absolute Gasteiger partial charge is 0.364 e. The average molecular weight is 288 g/mol. The molecule has 0 radical (unpaired) electrons. The molecule has 0 spiro atoms. The van der Waals surface area contributed by atoms with Crippen LogP contribution in [0.25, 0.3) is 0 Å². The molecule has 1 aromatic heterocycles. The second-order valence-electron chi connectivity index (χ2n) is 4.15. The van der Waals surface area contributed by atoms with Crippen molar-refractivity contribution in [3.8, 4) is 6.07 Å². The highest BCUT2D eigenvalue weighted by Crippen LogP contribution is 2.23. The lowest BCUT2D eigenvalue weighted by Gasteiger charge is -2.07. The minimum Gasteiger partial charge on any atom is -0.364 e. The summed E-state index contributed by atoms with van der Waals surface area (Å²) in [5.41, 5.74) is 0.912. The maximum Gasteiger partial charge on any atom is 0.261 e. The standard InChI is InChI=1S/C14H10ClN3O2/c1-8-4-13(19)10(7-17-8)14(20)18-12-5-9(6-16)2-3-11(12)15/h2-5,7H,1H3,(H,17,19)(H,18,20). The number of aryl methyl sites for hydroxylation is 1. The lowest BCUT2D eigenvalue weighted by molar-refractivity contribution is 0.102. The van der Waals surface area contributed by atoms with Gasteiger partial charge in [0.05, 0.1) is 22.3 Å². The molecule has 20 heavy (non-hydrogen) atoms. The number of halogens is 1. The lowest BCUT2D eigenvalue weighted by Crippen LogP contribution is -2.21. The van der Waals surface area contributed by atoms with Gasteiger partial charge in [-0.2, -0.15) is 5.26 Å². The molecule has 1 amide bonds. The van der Waals surface area contributed by atoms with Gasteiger partial charge in [0.2, 0.25) is 0 Å². The maximum atomic E-state index is 12.0. The van der Waals surface area contributed by atoms with E-state index in [0.29, 0.717) is 16.3 Å². The van der Waals surface area contributed by atoms with Crippen molar-refractivity contribution in [1.29, 1.82) is 5.26 Å². The molecule has 0 saturated heterocycles. The molecule has 2 aromatic rings. The monoisotopic (exact) mass is 287 g/mol. The number of amides is 1. The van der Waals surface area contributed by atoms with Crippen LogP contribution in [0.4, 0.5) is 5.69 Å². The Morgan fingerprint density at radius 2 is 2.15 bits per heavy atom. The summed E-state index contributed by atoms with van der Waals surface area (Å²) in [5, 5.41) is 11.6. The van der Waals surface area contributed by atoms with Gasteiger partial charge in [0.1, 0.15) is 5.56 Å². The molecule has 2 rings (SSSR count). The first-order chi connectivity index (χ1) is 9.51. The summed E-state index contributed by atoms with van der Waals surface area (Å²) < 4.78 is 0. The summed E-state index contributed by atoms with van der Waals surface area (Å²) in [4.78, 5) is 26.5. The predicted octanol–water partition coefficient (Wildman–Crippen LogP) is 2.46. The number of hydrogen-bond acceptors (Lipinski definition) is 3. The molecular weight excluding hydrogens is 278 g/mol. The summed E-state index contributed by atoms with van der Waals surface area (Å²) in [7, 11) is 0. The number of nitrogens with one attached hydrogen (secondary N) is 2. The van der Waals surface area contributed by atoms with Gasteiger partial charge in [0, 0.05) is 18.0 Å². The normalized spacial score (nSPS) is 9.85. The maximum absolute atomic E-state index is 12.0. The molecule has 0 saturated carbocycles. The van der Waals surface area contributed by atoms with Crippen molar-refractivity contribution >= 4 is 23.2 Å². The highest BCUT2D eigenvalue weighted by Gasteiger charge is 2.12. The zero-order valence-electron chi connectivity index (χ0n) is 10.5. The first kappa shape index (κ1) is 13.8. The summed E-state index contributed by atoms with van der Waals surface area (Å²) in [6, 6.07) is 7.78. The molecular formula is C14H10ClN3O2. The van der Waals surface area contributed by atoms with Gasteiger partial charge in [0.15, 0.2) is 5.43 Å². The van der Waals surface area contributed by atoms with Crippen LogP contribution in [0.3, 0.4) is 0 Å². The highest BCUT2D eigenvalue weighted by molar-refractivity contribution is 6.34.